The van der Waals surface area contributed by atoms with E-state index in [1.807, 2.05) is 6.07 Å². The predicted molar refractivity (Wildman–Crippen MR) is 79.3 cm³/mol. The van der Waals surface area contributed by atoms with E-state index in [4.69, 9.17) is 25.8 Å². The largest absolute Gasteiger partial charge is 0.454 e. The number of halogens is 1. The Morgan fingerprint density at radius 2 is 2.05 bits per heavy atom. The van der Waals surface area contributed by atoms with Crippen LogP contribution in [-0.4, -0.2) is 55.0 Å². The number of hydrogen-bond acceptors (Lipinski definition) is 5. The highest BCUT2D eigenvalue weighted by molar-refractivity contribution is 6.31. The molecule has 22 heavy (non-hydrogen) atoms. The number of benzene rings is 1. The molecule has 0 aliphatic carbocycles. The predicted octanol–water partition coefficient (Wildman–Crippen LogP) is 2.10. The van der Waals surface area contributed by atoms with Crippen LogP contribution < -0.4 is 9.47 Å². The average Bonchev–Trinajstić information content (AvgIpc) is 3.13. The summed E-state index contributed by atoms with van der Waals surface area (Å²) in [6.45, 7) is 3.21. The van der Waals surface area contributed by atoms with E-state index in [0.29, 0.717) is 23.9 Å². The molecule has 1 aromatic rings. The minimum Gasteiger partial charge on any atom is -0.454 e. The third-order valence-corrected chi connectivity index (χ3v) is 4.82. The molecule has 3 aliphatic rings. The van der Waals surface area contributed by atoms with Gasteiger partial charge in [-0.1, -0.05) is 11.6 Å². The zero-order valence-corrected chi connectivity index (χ0v) is 13.1. The molecular formula is C15H17ClN2O4. The van der Waals surface area contributed by atoms with Gasteiger partial charge >= 0.3 is 6.09 Å². The number of hydrogen-bond donors (Lipinski definition) is 0. The van der Waals surface area contributed by atoms with Crippen LogP contribution in [0.5, 0.6) is 11.5 Å². The molecule has 0 radical (unpaired) electrons. The smallest absolute Gasteiger partial charge is 0.410 e. The molecule has 0 aromatic heterocycles. The van der Waals surface area contributed by atoms with Gasteiger partial charge in [0.2, 0.25) is 6.79 Å². The fraction of sp³-hybridized carbons (Fsp3) is 0.533. The lowest BCUT2D eigenvalue weighted by Crippen LogP contribution is -2.37. The topological polar surface area (TPSA) is 51.2 Å². The van der Waals surface area contributed by atoms with Crippen molar-refractivity contribution < 1.29 is 19.0 Å². The second-order valence-corrected chi connectivity index (χ2v) is 6.57. The molecule has 1 aromatic carbocycles. The van der Waals surface area contributed by atoms with Gasteiger partial charge in [-0.3, -0.25) is 4.90 Å². The van der Waals surface area contributed by atoms with Gasteiger partial charge in [0.15, 0.2) is 11.5 Å². The van der Waals surface area contributed by atoms with E-state index in [1.54, 1.807) is 18.0 Å². The van der Waals surface area contributed by atoms with Crippen LogP contribution in [0.15, 0.2) is 12.1 Å². The van der Waals surface area contributed by atoms with Crippen molar-refractivity contribution in [1.29, 1.82) is 0 Å². The Hall–Kier alpha value is -1.66. The lowest BCUT2D eigenvalue weighted by atomic mass is 10.0. The van der Waals surface area contributed by atoms with Gasteiger partial charge in [0.1, 0.15) is 5.60 Å². The maximum Gasteiger partial charge on any atom is 0.410 e. The molecule has 3 heterocycles. The number of likely N-dealkylation sites (N-methyl/N-ethyl adjacent to an activating group) is 1. The molecule has 4 rings (SSSR count). The van der Waals surface area contributed by atoms with Crippen molar-refractivity contribution in [2.75, 3.05) is 33.5 Å². The monoisotopic (exact) mass is 324 g/mol. The molecule has 0 unspecified atom stereocenters. The SMILES string of the molecule is CN1C[C@@]2(CCN(Cc3cc4c(cc3Cl)OCO4)C2)OC1=O. The fourth-order valence-corrected chi connectivity index (χ4v) is 3.60. The molecule has 1 amide bonds. The molecule has 6 nitrogen and oxygen atoms in total. The Balaban J connectivity index is 1.48. The van der Waals surface area contributed by atoms with Crippen molar-refractivity contribution in [3.63, 3.8) is 0 Å². The Morgan fingerprint density at radius 1 is 1.27 bits per heavy atom. The highest BCUT2D eigenvalue weighted by Crippen LogP contribution is 2.38. The summed E-state index contributed by atoms with van der Waals surface area (Å²) in [4.78, 5) is 15.5. The average molecular weight is 325 g/mol. The maximum absolute atomic E-state index is 11.6. The first kappa shape index (κ1) is 14.0. The van der Waals surface area contributed by atoms with Gasteiger partial charge < -0.3 is 19.1 Å². The van der Waals surface area contributed by atoms with E-state index in [0.717, 1.165) is 30.8 Å². The highest BCUT2D eigenvalue weighted by Gasteiger charge is 2.48. The van der Waals surface area contributed by atoms with Crippen LogP contribution in [-0.2, 0) is 11.3 Å². The Bertz CT molecular complexity index is 638. The summed E-state index contributed by atoms with van der Waals surface area (Å²) < 4.78 is 16.3. The standard InChI is InChI=1S/C15H17ClN2O4/c1-17-7-15(22-14(17)19)2-3-18(8-15)6-10-4-12-13(5-11(10)16)21-9-20-12/h4-5H,2-3,6-9H2,1H3/t15-/m1/s1. The number of ether oxygens (including phenoxy) is 3. The van der Waals surface area contributed by atoms with Crippen LogP contribution in [0.2, 0.25) is 5.02 Å². The minimum absolute atomic E-state index is 0.233. The van der Waals surface area contributed by atoms with Gasteiger partial charge in [-0.05, 0) is 11.6 Å². The van der Waals surface area contributed by atoms with Crippen LogP contribution in [0.25, 0.3) is 0 Å². The van der Waals surface area contributed by atoms with E-state index < -0.39 is 0 Å². The zero-order chi connectivity index (χ0) is 15.3. The molecule has 3 aliphatic heterocycles. The number of amides is 1. The summed E-state index contributed by atoms with van der Waals surface area (Å²) >= 11 is 6.33. The maximum atomic E-state index is 11.6. The van der Waals surface area contributed by atoms with Crippen molar-refractivity contribution in [3.8, 4) is 11.5 Å². The third-order valence-electron chi connectivity index (χ3n) is 4.47. The number of fused-ring (bicyclic) bond motifs is 1. The summed E-state index contributed by atoms with van der Waals surface area (Å²) in [5, 5.41) is 0.672. The summed E-state index contributed by atoms with van der Waals surface area (Å²) in [6, 6.07) is 3.73. The molecule has 0 bridgehead atoms. The Labute approximate surface area is 133 Å². The summed E-state index contributed by atoms with van der Waals surface area (Å²) in [7, 11) is 1.77. The van der Waals surface area contributed by atoms with Crippen molar-refractivity contribution in [1.82, 2.24) is 9.80 Å². The number of nitrogens with zero attached hydrogens (tertiary/aromatic N) is 2. The van der Waals surface area contributed by atoms with E-state index >= 15 is 0 Å². The number of carbonyl (C=O) groups excluding carboxylic acids is 1. The molecule has 1 spiro atoms. The highest BCUT2D eigenvalue weighted by atomic mass is 35.5. The quantitative estimate of drug-likeness (QED) is 0.834. The lowest BCUT2D eigenvalue weighted by molar-refractivity contribution is 0.0627. The Morgan fingerprint density at radius 3 is 2.77 bits per heavy atom. The number of rotatable bonds is 2. The molecule has 118 valence electrons. The van der Waals surface area contributed by atoms with Crippen molar-refractivity contribution in [2.45, 2.75) is 18.6 Å². The van der Waals surface area contributed by atoms with Crippen LogP contribution in [0.4, 0.5) is 4.79 Å². The van der Waals surface area contributed by atoms with Gasteiger partial charge in [0.25, 0.3) is 0 Å². The molecule has 0 N–H and O–H groups in total. The van der Waals surface area contributed by atoms with Crippen molar-refractivity contribution >= 4 is 17.7 Å². The Kier molecular flexibility index (Phi) is 3.13. The van der Waals surface area contributed by atoms with Gasteiger partial charge in [-0.25, -0.2) is 4.79 Å². The molecular weight excluding hydrogens is 308 g/mol. The summed E-state index contributed by atoms with van der Waals surface area (Å²) in [5.74, 6) is 1.43. The van der Waals surface area contributed by atoms with Crippen LogP contribution in [0.3, 0.4) is 0 Å². The molecule has 7 heteroatoms. The fourth-order valence-electron chi connectivity index (χ4n) is 3.39. The summed E-state index contributed by atoms with van der Waals surface area (Å²) in [5.41, 5.74) is 0.634. The van der Waals surface area contributed by atoms with Crippen LogP contribution in [0.1, 0.15) is 12.0 Å². The van der Waals surface area contributed by atoms with Gasteiger partial charge in [-0.15, -0.1) is 0 Å². The number of likely N-dealkylation sites (tertiary alicyclic amines) is 1. The second kappa shape index (κ2) is 4.93. The summed E-state index contributed by atoms with van der Waals surface area (Å²) in [6.07, 6.45) is 0.619. The van der Waals surface area contributed by atoms with Crippen LogP contribution in [0, 0.1) is 0 Å². The van der Waals surface area contributed by atoms with E-state index in [9.17, 15) is 4.79 Å². The zero-order valence-electron chi connectivity index (χ0n) is 12.3. The molecule has 2 saturated heterocycles. The van der Waals surface area contributed by atoms with E-state index in [2.05, 4.69) is 4.90 Å². The molecule has 2 fully saturated rings. The minimum atomic E-state index is -0.366. The van der Waals surface area contributed by atoms with E-state index in [-0.39, 0.29) is 18.5 Å². The van der Waals surface area contributed by atoms with Crippen molar-refractivity contribution in [3.05, 3.63) is 22.7 Å². The van der Waals surface area contributed by atoms with E-state index in [1.165, 1.54) is 0 Å². The first-order valence-corrected chi connectivity index (χ1v) is 7.67. The van der Waals surface area contributed by atoms with Crippen LogP contribution >= 0.6 is 11.6 Å². The first-order valence-electron chi connectivity index (χ1n) is 7.29. The molecule has 1 atom stereocenters. The second-order valence-electron chi connectivity index (χ2n) is 6.16. The van der Waals surface area contributed by atoms with Gasteiger partial charge in [0.05, 0.1) is 6.54 Å². The number of carbonyl (C=O) groups is 1. The molecule has 0 saturated carbocycles. The normalized spacial score (nSPS) is 27.0. The lowest BCUT2D eigenvalue weighted by Gasteiger charge is -2.22. The van der Waals surface area contributed by atoms with Crippen molar-refractivity contribution in [2.24, 2.45) is 0 Å². The van der Waals surface area contributed by atoms with Gasteiger partial charge in [-0.2, -0.15) is 0 Å². The first-order chi connectivity index (χ1) is 10.5. The van der Waals surface area contributed by atoms with Gasteiger partial charge in [0, 0.05) is 44.2 Å². The third kappa shape index (κ3) is 2.27.